The highest BCUT2D eigenvalue weighted by Gasteiger charge is 2.14. The summed E-state index contributed by atoms with van der Waals surface area (Å²) in [6.45, 7) is 8.00. The second kappa shape index (κ2) is 8.28. The molecular weight excluding hydrogens is 222 g/mol. The Morgan fingerprint density at radius 1 is 1.06 bits per heavy atom. The Kier molecular flexibility index (Phi) is 6.99. The minimum absolute atomic E-state index is 0.228. The van der Waals surface area contributed by atoms with E-state index in [-0.39, 0.29) is 6.10 Å². The van der Waals surface area contributed by atoms with E-state index in [1.807, 2.05) is 0 Å². The summed E-state index contributed by atoms with van der Waals surface area (Å²) < 4.78 is 0. The van der Waals surface area contributed by atoms with Crippen molar-refractivity contribution in [2.24, 2.45) is 5.92 Å². The Hall–Kier alpha value is -0.860. The largest absolute Gasteiger partial charge is 0.392 e. The molecule has 0 fully saturated rings. The molecule has 1 unspecified atom stereocenters. The Morgan fingerprint density at radius 3 is 2.22 bits per heavy atom. The Morgan fingerprint density at radius 2 is 1.67 bits per heavy atom. The molecule has 2 heteroatoms. The summed E-state index contributed by atoms with van der Waals surface area (Å²) in [6.07, 6.45) is 2.93. The van der Waals surface area contributed by atoms with Gasteiger partial charge in [-0.2, -0.15) is 0 Å². The van der Waals surface area contributed by atoms with E-state index in [1.54, 1.807) is 0 Å². The lowest BCUT2D eigenvalue weighted by atomic mass is 9.96. The number of benzene rings is 1. The smallest absolute Gasteiger partial charge is 0.0692 e. The second-order valence-electron chi connectivity index (χ2n) is 4.90. The molecule has 0 radical (unpaired) electrons. The summed E-state index contributed by atoms with van der Waals surface area (Å²) in [5.74, 6) is 0.416. The average Bonchev–Trinajstić information content (AvgIpc) is 2.40. The van der Waals surface area contributed by atoms with Crippen LogP contribution in [0.25, 0.3) is 0 Å². The molecule has 0 aliphatic rings. The summed E-state index contributed by atoms with van der Waals surface area (Å²) in [4.78, 5) is 0. The first-order valence-corrected chi connectivity index (χ1v) is 7.18. The number of nitrogens with one attached hydrogen (secondary N) is 1. The molecule has 102 valence electrons. The summed E-state index contributed by atoms with van der Waals surface area (Å²) in [7, 11) is 0. The summed E-state index contributed by atoms with van der Waals surface area (Å²) in [5, 5.41) is 13.4. The topological polar surface area (TPSA) is 32.3 Å². The quantitative estimate of drug-likeness (QED) is 0.742. The van der Waals surface area contributed by atoms with E-state index in [0.717, 1.165) is 25.8 Å². The molecule has 0 heterocycles. The predicted molar refractivity (Wildman–Crippen MR) is 77.6 cm³/mol. The van der Waals surface area contributed by atoms with Crippen LogP contribution in [-0.2, 0) is 13.0 Å². The summed E-state index contributed by atoms with van der Waals surface area (Å²) in [6, 6.07) is 8.50. The van der Waals surface area contributed by atoms with Crippen molar-refractivity contribution in [2.45, 2.75) is 52.7 Å². The van der Waals surface area contributed by atoms with Crippen LogP contribution in [0.3, 0.4) is 0 Å². The number of aliphatic hydroxyl groups excluding tert-OH is 1. The van der Waals surface area contributed by atoms with Crippen LogP contribution in [0.5, 0.6) is 0 Å². The molecule has 1 aromatic rings. The maximum absolute atomic E-state index is 10.1. The van der Waals surface area contributed by atoms with Crippen LogP contribution in [0.2, 0.25) is 0 Å². The zero-order valence-electron chi connectivity index (χ0n) is 11.9. The van der Waals surface area contributed by atoms with Gasteiger partial charge in [-0.1, -0.05) is 57.9 Å². The van der Waals surface area contributed by atoms with Gasteiger partial charge < -0.3 is 10.4 Å². The van der Waals surface area contributed by atoms with Gasteiger partial charge in [-0.05, 0) is 23.5 Å². The molecule has 0 aliphatic carbocycles. The summed E-state index contributed by atoms with van der Waals surface area (Å²) >= 11 is 0. The Labute approximate surface area is 111 Å². The molecule has 2 nitrogen and oxygen atoms in total. The zero-order valence-corrected chi connectivity index (χ0v) is 11.9. The fraction of sp³-hybridized carbons (Fsp3) is 0.625. The SMILES string of the molecule is CCc1ccccc1CNCC(O)C(CC)CC. The van der Waals surface area contributed by atoms with Gasteiger partial charge in [-0.15, -0.1) is 0 Å². The van der Waals surface area contributed by atoms with Crippen molar-refractivity contribution in [1.29, 1.82) is 0 Å². The lowest BCUT2D eigenvalue weighted by molar-refractivity contribution is 0.101. The van der Waals surface area contributed by atoms with Crippen molar-refractivity contribution in [1.82, 2.24) is 5.32 Å². The highest BCUT2D eigenvalue weighted by Crippen LogP contribution is 2.13. The van der Waals surface area contributed by atoms with E-state index >= 15 is 0 Å². The van der Waals surface area contributed by atoms with Crippen molar-refractivity contribution in [3.63, 3.8) is 0 Å². The van der Waals surface area contributed by atoms with Crippen LogP contribution in [0, 0.1) is 5.92 Å². The first kappa shape index (κ1) is 15.2. The molecule has 0 amide bonds. The van der Waals surface area contributed by atoms with Gasteiger partial charge in [0.05, 0.1) is 6.10 Å². The molecule has 2 N–H and O–H groups in total. The van der Waals surface area contributed by atoms with Gasteiger partial charge >= 0.3 is 0 Å². The van der Waals surface area contributed by atoms with Crippen LogP contribution < -0.4 is 5.32 Å². The third-order valence-corrected chi connectivity index (χ3v) is 3.76. The summed E-state index contributed by atoms with van der Waals surface area (Å²) in [5.41, 5.74) is 2.73. The Bertz CT molecular complexity index is 334. The minimum atomic E-state index is -0.228. The van der Waals surface area contributed by atoms with Gasteiger partial charge in [-0.3, -0.25) is 0 Å². The number of hydrogen-bond donors (Lipinski definition) is 2. The lowest BCUT2D eigenvalue weighted by Gasteiger charge is -2.20. The Balaban J connectivity index is 2.41. The maximum atomic E-state index is 10.1. The van der Waals surface area contributed by atoms with Crippen molar-refractivity contribution < 1.29 is 5.11 Å². The first-order chi connectivity index (χ1) is 8.72. The van der Waals surface area contributed by atoms with Gasteiger partial charge in [0.15, 0.2) is 0 Å². The van der Waals surface area contributed by atoms with Gasteiger partial charge in [0.1, 0.15) is 0 Å². The molecule has 0 saturated carbocycles. The van der Waals surface area contributed by atoms with E-state index in [2.05, 4.69) is 50.4 Å². The molecule has 0 aliphatic heterocycles. The van der Waals surface area contributed by atoms with Gasteiger partial charge in [0, 0.05) is 13.1 Å². The third-order valence-electron chi connectivity index (χ3n) is 3.76. The van der Waals surface area contributed by atoms with Crippen LogP contribution in [-0.4, -0.2) is 17.8 Å². The molecule has 18 heavy (non-hydrogen) atoms. The average molecular weight is 249 g/mol. The van der Waals surface area contributed by atoms with E-state index in [4.69, 9.17) is 0 Å². The molecule has 1 atom stereocenters. The normalized spacial score (nSPS) is 12.9. The number of rotatable bonds is 8. The first-order valence-electron chi connectivity index (χ1n) is 7.18. The van der Waals surface area contributed by atoms with Crippen molar-refractivity contribution in [2.75, 3.05) is 6.54 Å². The number of aliphatic hydroxyl groups is 1. The lowest BCUT2D eigenvalue weighted by Crippen LogP contribution is -2.32. The van der Waals surface area contributed by atoms with Gasteiger partial charge in [-0.25, -0.2) is 0 Å². The van der Waals surface area contributed by atoms with Gasteiger partial charge in [0.2, 0.25) is 0 Å². The van der Waals surface area contributed by atoms with Crippen molar-refractivity contribution in [3.05, 3.63) is 35.4 Å². The zero-order chi connectivity index (χ0) is 13.4. The van der Waals surface area contributed by atoms with Crippen LogP contribution in [0.4, 0.5) is 0 Å². The molecule has 0 saturated heterocycles. The third kappa shape index (κ3) is 4.43. The minimum Gasteiger partial charge on any atom is -0.392 e. The molecule has 0 aromatic heterocycles. The highest BCUT2D eigenvalue weighted by atomic mass is 16.3. The molecule has 1 aromatic carbocycles. The standard InChI is InChI=1S/C16H27NO/c1-4-13(5-2)16(18)12-17-11-15-10-8-7-9-14(15)6-3/h7-10,13,16-18H,4-6,11-12H2,1-3H3. The molecular formula is C16H27NO. The molecule has 0 spiro atoms. The monoisotopic (exact) mass is 249 g/mol. The van der Waals surface area contributed by atoms with E-state index < -0.39 is 0 Å². The maximum Gasteiger partial charge on any atom is 0.0692 e. The fourth-order valence-corrected chi connectivity index (χ4v) is 2.43. The fourth-order valence-electron chi connectivity index (χ4n) is 2.43. The van der Waals surface area contributed by atoms with Crippen molar-refractivity contribution >= 4 is 0 Å². The predicted octanol–water partition coefficient (Wildman–Crippen LogP) is 3.14. The van der Waals surface area contributed by atoms with Crippen LogP contribution >= 0.6 is 0 Å². The van der Waals surface area contributed by atoms with Crippen molar-refractivity contribution in [3.8, 4) is 0 Å². The van der Waals surface area contributed by atoms with Gasteiger partial charge in [0.25, 0.3) is 0 Å². The number of hydrogen-bond acceptors (Lipinski definition) is 2. The second-order valence-corrected chi connectivity index (χ2v) is 4.90. The van der Waals surface area contributed by atoms with Crippen LogP contribution in [0.1, 0.15) is 44.7 Å². The van der Waals surface area contributed by atoms with E-state index in [9.17, 15) is 5.11 Å². The number of aryl methyl sites for hydroxylation is 1. The molecule has 0 bridgehead atoms. The van der Waals surface area contributed by atoms with E-state index in [1.165, 1.54) is 11.1 Å². The molecule has 1 rings (SSSR count). The highest BCUT2D eigenvalue weighted by molar-refractivity contribution is 5.26. The van der Waals surface area contributed by atoms with E-state index in [0.29, 0.717) is 12.5 Å². The van der Waals surface area contributed by atoms with Crippen LogP contribution in [0.15, 0.2) is 24.3 Å².